The summed E-state index contributed by atoms with van der Waals surface area (Å²) in [4.78, 5) is 16.6. The molecule has 144 valence electrons. The van der Waals surface area contributed by atoms with Gasteiger partial charge in [0.25, 0.3) is 0 Å². The maximum absolute atomic E-state index is 12.5. The molecular weight excluding hydrogens is 340 g/mol. The van der Waals surface area contributed by atoms with Gasteiger partial charge in [-0.05, 0) is 29.7 Å². The first-order valence-corrected chi connectivity index (χ1v) is 9.52. The lowest BCUT2D eigenvalue weighted by Gasteiger charge is -2.35. The van der Waals surface area contributed by atoms with Gasteiger partial charge in [-0.25, -0.2) is 0 Å². The second-order valence-corrected chi connectivity index (χ2v) is 6.96. The molecule has 1 amide bonds. The van der Waals surface area contributed by atoms with Crippen LogP contribution in [0.3, 0.4) is 0 Å². The monoisotopic (exact) mass is 368 g/mol. The maximum atomic E-state index is 12.5. The number of amides is 1. The van der Waals surface area contributed by atoms with Crippen LogP contribution in [-0.4, -0.2) is 60.6 Å². The number of β-amino-alcohol motifs (C(OH)–C–C–N with tert-alkyl or cyclic N) is 1. The Bertz CT molecular complexity index is 710. The second kappa shape index (κ2) is 9.53. The van der Waals surface area contributed by atoms with Crippen LogP contribution in [0.15, 0.2) is 54.6 Å². The molecule has 1 fully saturated rings. The highest BCUT2D eigenvalue weighted by Crippen LogP contribution is 2.16. The number of methoxy groups -OCH3 is 1. The van der Waals surface area contributed by atoms with E-state index >= 15 is 0 Å². The molecule has 0 bridgehead atoms. The van der Waals surface area contributed by atoms with Crippen molar-refractivity contribution in [3.05, 3.63) is 65.7 Å². The molecule has 0 aliphatic carbocycles. The third-order valence-corrected chi connectivity index (χ3v) is 5.13. The Morgan fingerprint density at radius 2 is 1.70 bits per heavy atom. The number of piperazine rings is 1. The number of carbonyl (C=O) groups excluding carboxylic acids is 1. The molecule has 3 rings (SSSR count). The quantitative estimate of drug-likeness (QED) is 0.816. The van der Waals surface area contributed by atoms with Crippen molar-refractivity contribution in [3.8, 4) is 5.75 Å². The molecular formula is C22H28N2O3. The largest absolute Gasteiger partial charge is 0.497 e. The first-order valence-electron chi connectivity index (χ1n) is 9.52. The molecule has 1 aliphatic heterocycles. The maximum Gasteiger partial charge on any atom is 0.222 e. The average molecular weight is 368 g/mol. The number of aliphatic hydroxyl groups is 1. The van der Waals surface area contributed by atoms with Gasteiger partial charge in [-0.2, -0.15) is 0 Å². The molecule has 5 nitrogen and oxygen atoms in total. The van der Waals surface area contributed by atoms with E-state index in [0.29, 0.717) is 13.0 Å². The summed E-state index contributed by atoms with van der Waals surface area (Å²) in [7, 11) is 1.65. The average Bonchev–Trinajstić information content (AvgIpc) is 2.73. The van der Waals surface area contributed by atoms with Crippen LogP contribution in [0.1, 0.15) is 23.7 Å². The van der Waals surface area contributed by atoms with Crippen molar-refractivity contribution in [2.45, 2.75) is 18.9 Å². The van der Waals surface area contributed by atoms with Crippen LogP contribution in [0.2, 0.25) is 0 Å². The second-order valence-electron chi connectivity index (χ2n) is 6.96. The summed E-state index contributed by atoms with van der Waals surface area (Å²) in [6.45, 7) is 3.67. The minimum Gasteiger partial charge on any atom is -0.497 e. The third-order valence-electron chi connectivity index (χ3n) is 5.13. The van der Waals surface area contributed by atoms with Crippen LogP contribution < -0.4 is 4.74 Å². The molecule has 1 atom stereocenters. The predicted octanol–water partition coefficient (Wildman–Crippen LogP) is 2.51. The summed E-state index contributed by atoms with van der Waals surface area (Å²) in [5.41, 5.74) is 2.09. The molecule has 0 aromatic heterocycles. The summed E-state index contributed by atoms with van der Waals surface area (Å²) < 4.78 is 5.16. The summed E-state index contributed by atoms with van der Waals surface area (Å²) in [6, 6.07) is 17.6. The van der Waals surface area contributed by atoms with Crippen molar-refractivity contribution >= 4 is 5.91 Å². The number of benzene rings is 2. The van der Waals surface area contributed by atoms with Crippen molar-refractivity contribution in [1.82, 2.24) is 9.80 Å². The summed E-state index contributed by atoms with van der Waals surface area (Å²) >= 11 is 0. The number of hydrogen-bond acceptors (Lipinski definition) is 4. The van der Waals surface area contributed by atoms with Crippen LogP contribution in [0.25, 0.3) is 0 Å². The van der Waals surface area contributed by atoms with E-state index in [1.807, 2.05) is 59.5 Å². The highest BCUT2D eigenvalue weighted by atomic mass is 16.5. The Labute approximate surface area is 161 Å². The molecule has 0 radical (unpaired) electrons. The van der Waals surface area contributed by atoms with Crippen molar-refractivity contribution in [1.29, 1.82) is 0 Å². The minimum atomic E-state index is -0.483. The smallest absolute Gasteiger partial charge is 0.222 e. The van der Waals surface area contributed by atoms with E-state index in [-0.39, 0.29) is 5.91 Å². The SMILES string of the molecule is COc1ccc(CCC(=O)N2CCN(C[C@H](O)c3ccccc3)CC2)cc1. The number of rotatable bonds is 7. The summed E-state index contributed by atoms with van der Waals surface area (Å²) in [6.07, 6.45) is 0.790. The van der Waals surface area contributed by atoms with Crippen molar-refractivity contribution < 1.29 is 14.6 Å². The van der Waals surface area contributed by atoms with Crippen LogP contribution >= 0.6 is 0 Å². The topological polar surface area (TPSA) is 53.0 Å². The van der Waals surface area contributed by atoms with Gasteiger partial charge in [-0.1, -0.05) is 42.5 Å². The van der Waals surface area contributed by atoms with Crippen molar-refractivity contribution in [2.75, 3.05) is 39.8 Å². The van der Waals surface area contributed by atoms with E-state index in [1.54, 1.807) is 7.11 Å². The third kappa shape index (κ3) is 5.55. The molecule has 1 saturated heterocycles. The van der Waals surface area contributed by atoms with E-state index in [4.69, 9.17) is 4.74 Å². The molecule has 2 aromatic carbocycles. The fourth-order valence-electron chi connectivity index (χ4n) is 3.41. The van der Waals surface area contributed by atoms with E-state index in [2.05, 4.69) is 4.90 Å². The van der Waals surface area contributed by atoms with E-state index in [1.165, 1.54) is 0 Å². The van der Waals surface area contributed by atoms with E-state index in [0.717, 1.165) is 49.5 Å². The Kier molecular flexibility index (Phi) is 6.85. The summed E-state index contributed by atoms with van der Waals surface area (Å²) in [5, 5.41) is 10.4. The number of aryl methyl sites for hydroxylation is 1. The normalized spacial score (nSPS) is 16.1. The molecule has 27 heavy (non-hydrogen) atoms. The van der Waals surface area contributed by atoms with Crippen molar-refractivity contribution in [2.24, 2.45) is 0 Å². The van der Waals surface area contributed by atoms with Gasteiger partial charge in [0.05, 0.1) is 13.2 Å². The number of ether oxygens (including phenoxy) is 1. The number of aliphatic hydroxyl groups excluding tert-OH is 1. The van der Waals surface area contributed by atoms with Crippen LogP contribution in [0, 0.1) is 0 Å². The molecule has 0 unspecified atom stereocenters. The van der Waals surface area contributed by atoms with Gasteiger partial charge >= 0.3 is 0 Å². The van der Waals surface area contributed by atoms with Gasteiger partial charge in [0.15, 0.2) is 0 Å². The highest BCUT2D eigenvalue weighted by Gasteiger charge is 2.22. The first kappa shape index (κ1) is 19.4. The van der Waals surface area contributed by atoms with Gasteiger partial charge in [-0.15, -0.1) is 0 Å². The van der Waals surface area contributed by atoms with Crippen LogP contribution in [0.4, 0.5) is 0 Å². The lowest BCUT2D eigenvalue weighted by Crippen LogP contribution is -2.49. The fraction of sp³-hybridized carbons (Fsp3) is 0.409. The Balaban J connectivity index is 1.41. The van der Waals surface area contributed by atoms with Crippen LogP contribution in [-0.2, 0) is 11.2 Å². The number of hydrogen-bond donors (Lipinski definition) is 1. The fourth-order valence-corrected chi connectivity index (χ4v) is 3.41. The van der Waals surface area contributed by atoms with E-state index in [9.17, 15) is 9.90 Å². The van der Waals surface area contributed by atoms with E-state index < -0.39 is 6.10 Å². The predicted molar refractivity (Wildman–Crippen MR) is 106 cm³/mol. The first-order chi connectivity index (χ1) is 13.2. The standard InChI is InChI=1S/C22H28N2O3/c1-27-20-10-7-18(8-11-20)9-12-22(26)24-15-13-23(14-16-24)17-21(25)19-5-3-2-4-6-19/h2-8,10-11,21,25H,9,12-17H2,1H3/t21-/m0/s1. The zero-order valence-electron chi connectivity index (χ0n) is 15.9. The Morgan fingerprint density at radius 3 is 2.33 bits per heavy atom. The number of nitrogens with zero attached hydrogens (tertiary/aromatic N) is 2. The molecule has 1 aliphatic rings. The Hall–Kier alpha value is -2.37. The molecule has 1 N–H and O–H groups in total. The Morgan fingerprint density at radius 1 is 1.04 bits per heavy atom. The van der Waals surface area contributed by atoms with Crippen LogP contribution in [0.5, 0.6) is 5.75 Å². The molecule has 2 aromatic rings. The number of carbonyl (C=O) groups is 1. The zero-order chi connectivity index (χ0) is 19.1. The van der Waals surface area contributed by atoms with Crippen molar-refractivity contribution in [3.63, 3.8) is 0 Å². The van der Waals surface area contributed by atoms with Gasteiger partial charge in [-0.3, -0.25) is 9.69 Å². The molecule has 0 saturated carbocycles. The molecule has 5 heteroatoms. The van der Waals surface area contributed by atoms with Gasteiger partial charge in [0, 0.05) is 39.1 Å². The lowest BCUT2D eigenvalue weighted by atomic mass is 10.1. The van der Waals surface area contributed by atoms with Gasteiger partial charge < -0.3 is 14.7 Å². The lowest BCUT2D eigenvalue weighted by molar-refractivity contribution is -0.133. The van der Waals surface area contributed by atoms with Gasteiger partial charge in [0.1, 0.15) is 5.75 Å². The van der Waals surface area contributed by atoms with Gasteiger partial charge in [0.2, 0.25) is 5.91 Å². The summed E-state index contributed by atoms with van der Waals surface area (Å²) in [5.74, 6) is 1.04. The minimum absolute atomic E-state index is 0.203. The zero-order valence-corrected chi connectivity index (χ0v) is 15.9. The highest BCUT2D eigenvalue weighted by molar-refractivity contribution is 5.76. The molecule has 1 heterocycles. The molecule has 0 spiro atoms.